The van der Waals surface area contributed by atoms with Gasteiger partial charge in [0.05, 0.1) is 5.69 Å². The van der Waals surface area contributed by atoms with E-state index in [1.807, 2.05) is 6.20 Å². The minimum Gasteiger partial charge on any atom is -0.479 e. The van der Waals surface area contributed by atoms with Gasteiger partial charge >= 0.3 is 6.01 Å². The second-order valence-electron chi connectivity index (χ2n) is 5.56. The van der Waals surface area contributed by atoms with Gasteiger partial charge in [-0.3, -0.25) is 4.90 Å². The highest BCUT2D eigenvalue weighted by Gasteiger charge is 2.35. The summed E-state index contributed by atoms with van der Waals surface area (Å²) >= 11 is 0. The quantitative estimate of drug-likeness (QED) is 0.910. The molecule has 1 N–H and O–H groups in total. The Kier molecular flexibility index (Phi) is 6.49. The van der Waals surface area contributed by atoms with Crippen molar-refractivity contribution in [3.8, 4) is 6.01 Å². The third-order valence-corrected chi connectivity index (χ3v) is 4.37. The molecule has 1 saturated heterocycles. The van der Waals surface area contributed by atoms with Gasteiger partial charge in [0, 0.05) is 12.2 Å². The number of rotatable bonds is 2. The zero-order chi connectivity index (χ0) is 12.5. The van der Waals surface area contributed by atoms with Crippen molar-refractivity contribution in [3.63, 3.8) is 0 Å². The summed E-state index contributed by atoms with van der Waals surface area (Å²) in [6.45, 7) is 4.69. The molecule has 3 rings (SSSR count). The molecule has 2 atom stereocenters. The van der Waals surface area contributed by atoms with E-state index in [1.54, 1.807) is 0 Å². The van der Waals surface area contributed by atoms with Gasteiger partial charge in [0.25, 0.3) is 0 Å². The Morgan fingerprint density at radius 2 is 2.15 bits per heavy atom. The van der Waals surface area contributed by atoms with E-state index in [0.29, 0.717) is 12.0 Å². The van der Waals surface area contributed by atoms with Crippen LogP contribution in [-0.2, 0) is 12.8 Å². The van der Waals surface area contributed by atoms with E-state index >= 15 is 0 Å². The van der Waals surface area contributed by atoms with E-state index in [4.69, 9.17) is 0 Å². The summed E-state index contributed by atoms with van der Waals surface area (Å²) in [4.78, 5) is 10.8. The second kappa shape index (κ2) is 7.43. The van der Waals surface area contributed by atoms with Crippen LogP contribution in [0.2, 0.25) is 0 Å². The number of nitrogens with zero attached hydrogens (tertiary/aromatic N) is 3. The van der Waals surface area contributed by atoms with Crippen molar-refractivity contribution in [2.24, 2.45) is 5.92 Å². The lowest BCUT2D eigenvalue weighted by Gasteiger charge is -2.44. The predicted octanol–water partition coefficient (Wildman–Crippen LogP) is 2.62. The van der Waals surface area contributed by atoms with Crippen LogP contribution >= 0.6 is 24.8 Å². The van der Waals surface area contributed by atoms with Crippen LogP contribution in [0.15, 0.2) is 6.20 Å². The van der Waals surface area contributed by atoms with Gasteiger partial charge in [0.2, 0.25) is 0 Å². The Labute approximate surface area is 132 Å². The fraction of sp³-hybridized carbons (Fsp3) is 0.714. The average molecular weight is 320 g/mol. The van der Waals surface area contributed by atoms with E-state index in [1.165, 1.54) is 37.9 Å². The van der Waals surface area contributed by atoms with Crippen LogP contribution in [-0.4, -0.2) is 39.1 Å². The molecule has 0 bridgehead atoms. The summed E-state index contributed by atoms with van der Waals surface area (Å²) in [7, 11) is 0. The van der Waals surface area contributed by atoms with Crippen LogP contribution in [0.3, 0.4) is 0 Å². The first-order chi connectivity index (χ1) is 8.78. The minimum absolute atomic E-state index is 0. The van der Waals surface area contributed by atoms with Gasteiger partial charge in [-0.1, -0.05) is 6.92 Å². The molecule has 0 radical (unpaired) electrons. The highest BCUT2D eigenvalue weighted by molar-refractivity contribution is 5.85. The van der Waals surface area contributed by atoms with Crippen molar-refractivity contribution < 1.29 is 5.11 Å². The Balaban J connectivity index is 0.000001000. The molecule has 4 nitrogen and oxygen atoms in total. The molecule has 2 heterocycles. The van der Waals surface area contributed by atoms with E-state index < -0.39 is 0 Å². The number of piperidine rings is 1. The zero-order valence-corrected chi connectivity index (χ0v) is 13.4. The highest BCUT2D eigenvalue weighted by Crippen LogP contribution is 2.34. The first kappa shape index (κ1) is 17.5. The fourth-order valence-electron chi connectivity index (χ4n) is 3.56. The normalized spacial score (nSPS) is 24.9. The molecule has 1 aromatic rings. The van der Waals surface area contributed by atoms with Gasteiger partial charge < -0.3 is 5.11 Å². The smallest absolute Gasteiger partial charge is 0.314 e. The van der Waals surface area contributed by atoms with Crippen molar-refractivity contribution in [3.05, 3.63) is 17.5 Å². The molecule has 1 fully saturated rings. The van der Waals surface area contributed by atoms with Crippen molar-refractivity contribution in [2.75, 3.05) is 13.1 Å². The number of halogens is 2. The first-order valence-corrected chi connectivity index (χ1v) is 7.05. The monoisotopic (exact) mass is 319 g/mol. The van der Waals surface area contributed by atoms with E-state index in [2.05, 4.69) is 21.8 Å². The minimum atomic E-state index is -0.0755. The number of hydrogen-bond donors (Lipinski definition) is 1. The predicted molar refractivity (Wildman–Crippen MR) is 84.0 cm³/mol. The summed E-state index contributed by atoms with van der Waals surface area (Å²) in [6.07, 6.45) is 7.70. The Hall–Kier alpha value is -0.580. The van der Waals surface area contributed by atoms with Gasteiger partial charge in [0.1, 0.15) is 0 Å². The number of hydrogen-bond acceptors (Lipinski definition) is 4. The van der Waals surface area contributed by atoms with E-state index in [-0.39, 0.29) is 30.8 Å². The number of likely N-dealkylation sites (tertiary alicyclic amines) is 1. The molecule has 0 aromatic carbocycles. The third kappa shape index (κ3) is 3.35. The molecule has 20 heavy (non-hydrogen) atoms. The highest BCUT2D eigenvalue weighted by atomic mass is 35.5. The summed E-state index contributed by atoms with van der Waals surface area (Å²) < 4.78 is 0. The van der Waals surface area contributed by atoms with Crippen LogP contribution < -0.4 is 0 Å². The summed E-state index contributed by atoms with van der Waals surface area (Å²) in [6, 6.07) is 0.591. The van der Waals surface area contributed by atoms with Crippen LogP contribution in [0.5, 0.6) is 6.01 Å². The molecule has 1 aromatic heterocycles. The van der Waals surface area contributed by atoms with Crippen LogP contribution in [0.25, 0.3) is 0 Å². The maximum atomic E-state index is 9.39. The van der Waals surface area contributed by atoms with Gasteiger partial charge in [-0.25, -0.2) is 9.97 Å². The molecule has 6 heteroatoms. The number of fused-ring (bicyclic) bond motifs is 2. The van der Waals surface area contributed by atoms with Crippen molar-refractivity contribution in [2.45, 2.75) is 45.1 Å². The first-order valence-electron chi connectivity index (χ1n) is 7.05. The van der Waals surface area contributed by atoms with Crippen LogP contribution in [0.4, 0.5) is 0 Å². The summed E-state index contributed by atoms with van der Waals surface area (Å²) in [5.74, 6) is 0.715. The molecular weight excluding hydrogens is 297 g/mol. The van der Waals surface area contributed by atoms with Gasteiger partial charge in [0.15, 0.2) is 0 Å². The van der Waals surface area contributed by atoms with Crippen molar-refractivity contribution in [1.82, 2.24) is 14.9 Å². The summed E-state index contributed by atoms with van der Waals surface area (Å²) in [5.41, 5.74) is 2.30. The lowest BCUT2D eigenvalue weighted by molar-refractivity contribution is 0.0842. The van der Waals surface area contributed by atoms with Crippen molar-refractivity contribution >= 4 is 24.8 Å². The molecule has 0 amide bonds. The third-order valence-electron chi connectivity index (χ3n) is 4.37. The lowest BCUT2D eigenvalue weighted by Crippen LogP contribution is -2.49. The lowest BCUT2D eigenvalue weighted by atomic mass is 9.77. The molecular formula is C14H23Cl2N3O. The standard InChI is InChI=1S/C14H21N3O.2ClH/c1-2-5-17-6-3-4-10-7-12-11(8-13(10)17)9-15-14(18)16-12;;/h9-10,13H,2-8H2,1H3,(H,15,16,18);2*1H/t10-,13-;;/m1../s1. The number of aromatic nitrogens is 2. The average Bonchev–Trinajstić information content (AvgIpc) is 2.37. The molecule has 0 saturated carbocycles. The molecule has 1 aliphatic carbocycles. The van der Waals surface area contributed by atoms with E-state index in [0.717, 1.165) is 18.5 Å². The zero-order valence-electron chi connectivity index (χ0n) is 11.8. The Morgan fingerprint density at radius 3 is 2.90 bits per heavy atom. The van der Waals surface area contributed by atoms with Gasteiger partial charge in [-0.2, -0.15) is 0 Å². The Morgan fingerprint density at radius 1 is 1.35 bits per heavy atom. The summed E-state index contributed by atoms with van der Waals surface area (Å²) in [5, 5.41) is 9.39. The van der Waals surface area contributed by atoms with Gasteiger partial charge in [-0.15, -0.1) is 24.8 Å². The maximum Gasteiger partial charge on any atom is 0.314 e. The van der Waals surface area contributed by atoms with Crippen LogP contribution in [0.1, 0.15) is 37.4 Å². The Bertz CT molecular complexity index is 442. The largest absolute Gasteiger partial charge is 0.479 e. The molecule has 1 aliphatic heterocycles. The molecule has 0 spiro atoms. The van der Waals surface area contributed by atoms with Crippen molar-refractivity contribution in [1.29, 1.82) is 0 Å². The van der Waals surface area contributed by atoms with E-state index in [9.17, 15) is 5.11 Å². The maximum absolute atomic E-state index is 9.39. The SMILES string of the molecule is CCCN1CCC[C@@H]2Cc3nc(O)ncc3C[C@H]21.Cl.Cl. The number of aromatic hydroxyl groups is 1. The fourth-order valence-corrected chi connectivity index (χ4v) is 3.56. The second-order valence-corrected chi connectivity index (χ2v) is 5.56. The molecule has 2 aliphatic rings. The molecule has 114 valence electrons. The van der Waals surface area contributed by atoms with Crippen LogP contribution in [0, 0.1) is 5.92 Å². The molecule has 0 unspecified atom stereocenters. The van der Waals surface area contributed by atoms with Gasteiger partial charge in [-0.05, 0) is 56.7 Å². The topological polar surface area (TPSA) is 49.2 Å².